The number of hydrogen-bond acceptors (Lipinski definition) is 8. The van der Waals surface area contributed by atoms with Gasteiger partial charge in [0.15, 0.2) is 4.80 Å². The van der Waals surface area contributed by atoms with E-state index in [0.29, 0.717) is 48.3 Å². The van der Waals surface area contributed by atoms with Gasteiger partial charge in [0.05, 0.1) is 34.6 Å². The molecule has 0 fully saturated rings. The largest absolute Gasteiger partial charge is 0.465 e. The van der Waals surface area contributed by atoms with Crippen molar-refractivity contribution in [2.75, 3.05) is 7.11 Å². The minimum Gasteiger partial charge on any atom is -0.465 e. The quantitative estimate of drug-likeness (QED) is 0.303. The lowest BCUT2D eigenvalue weighted by molar-refractivity contribution is -0.143. The maximum absolute atomic E-state index is 13.8. The number of aromatic nitrogens is 1. The molecule has 3 heterocycles. The van der Waals surface area contributed by atoms with Gasteiger partial charge in [-0.1, -0.05) is 53.3 Å². The predicted octanol–water partition coefficient (Wildman–Crippen LogP) is 4.89. The molecule has 1 atom stereocenters. The van der Waals surface area contributed by atoms with Gasteiger partial charge in [-0.05, 0) is 56.7 Å². The van der Waals surface area contributed by atoms with Crippen molar-refractivity contribution in [2.24, 2.45) is 4.99 Å². The number of fused-ring (bicyclic) bond motifs is 1. The van der Waals surface area contributed by atoms with E-state index < -0.39 is 18.0 Å². The minimum absolute atomic E-state index is 0.256. The first-order valence-electron chi connectivity index (χ1n) is 12.4. The van der Waals surface area contributed by atoms with Gasteiger partial charge in [-0.15, -0.1) is 0 Å². The van der Waals surface area contributed by atoms with Crippen LogP contribution in [-0.2, 0) is 14.3 Å². The number of halogens is 1. The van der Waals surface area contributed by atoms with Gasteiger partial charge >= 0.3 is 11.9 Å². The number of hydrogen-bond donors (Lipinski definition) is 0. The molecule has 0 radical (unpaired) electrons. The molecule has 0 saturated heterocycles. The summed E-state index contributed by atoms with van der Waals surface area (Å²) >= 11 is 7.75. The summed E-state index contributed by atoms with van der Waals surface area (Å²) in [5.74, 6) is -0.0449. The van der Waals surface area contributed by atoms with E-state index in [0.717, 1.165) is 0 Å². The molecule has 4 aromatic rings. The summed E-state index contributed by atoms with van der Waals surface area (Å²) in [5, 5.41) is 0.413. The third-order valence-corrected chi connectivity index (χ3v) is 7.58. The van der Waals surface area contributed by atoms with Gasteiger partial charge in [-0.2, -0.15) is 0 Å². The number of esters is 2. The average Bonchev–Trinajstić information content (AvgIpc) is 3.51. The van der Waals surface area contributed by atoms with Crippen LogP contribution in [0.4, 0.5) is 0 Å². The molecule has 1 aliphatic heterocycles. The zero-order valence-electron chi connectivity index (χ0n) is 22.1. The van der Waals surface area contributed by atoms with Gasteiger partial charge in [-0.3, -0.25) is 9.36 Å². The van der Waals surface area contributed by atoms with Crippen LogP contribution in [0.25, 0.3) is 17.4 Å². The van der Waals surface area contributed by atoms with E-state index in [4.69, 9.17) is 25.5 Å². The van der Waals surface area contributed by atoms with Crippen LogP contribution < -0.4 is 14.9 Å². The Labute approximate surface area is 238 Å². The molecular formula is C30H25ClN2O6S. The van der Waals surface area contributed by atoms with Crippen LogP contribution in [0.1, 0.15) is 48.5 Å². The monoisotopic (exact) mass is 576 g/mol. The predicted molar refractivity (Wildman–Crippen MR) is 152 cm³/mol. The minimum atomic E-state index is -0.813. The Balaban J connectivity index is 1.61. The van der Waals surface area contributed by atoms with Crippen molar-refractivity contribution in [3.05, 3.63) is 114 Å². The van der Waals surface area contributed by atoms with Crippen molar-refractivity contribution in [3.63, 3.8) is 0 Å². The summed E-state index contributed by atoms with van der Waals surface area (Å²) in [7, 11) is 1.32. The van der Waals surface area contributed by atoms with Gasteiger partial charge < -0.3 is 13.9 Å². The molecule has 1 unspecified atom stereocenters. The fourth-order valence-electron chi connectivity index (χ4n) is 4.48. The lowest BCUT2D eigenvalue weighted by atomic mass is 9.96. The molecule has 1 aliphatic rings. The number of allylic oxidation sites excluding steroid dienone is 1. The zero-order chi connectivity index (χ0) is 28.6. The van der Waals surface area contributed by atoms with Crippen molar-refractivity contribution in [2.45, 2.75) is 32.9 Å². The van der Waals surface area contributed by atoms with E-state index in [1.165, 1.54) is 23.0 Å². The molecule has 204 valence electrons. The summed E-state index contributed by atoms with van der Waals surface area (Å²) in [6.45, 7) is 5.24. The molecule has 2 aromatic carbocycles. The van der Waals surface area contributed by atoms with Gasteiger partial charge in [0.2, 0.25) is 0 Å². The Kier molecular flexibility index (Phi) is 7.60. The summed E-state index contributed by atoms with van der Waals surface area (Å²) in [6.07, 6.45) is 1.28. The molecule has 0 saturated carbocycles. The Morgan fingerprint density at radius 1 is 1.10 bits per heavy atom. The maximum atomic E-state index is 13.8. The first-order chi connectivity index (χ1) is 19.2. The van der Waals surface area contributed by atoms with E-state index in [1.807, 2.05) is 6.07 Å². The summed E-state index contributed by atoms with van der Waals surface area (Å²) in [4.78, 5) is 44.0. The van der Waals surface area contributed by atoms with E-state index in [1.54, 1.807) is 81.4 Å². The van der Waals surface area contributed by atoms with Gasteiger partial charge in [-0.25, -0.2) is 14.6 Å². The molecule has 0 spiro atoms. The van der Waals surface area contributed by atoms with E-state index in [2.05, 4.69) is 4.99 Å². The third kappa shape index (κ3) is 5.17. The number of carbonyl (C=O) groups is 2. The molecule has 0 aliphatic carbocycles. The summed E-state index contributed by atoms with van der Waals surface area (Å²) in [6, 6.07) is 16.6. The Bertz CT molecular complexity index is 1850. The highest BCUT2D eigenvalue weighted by Crippen LogP contribution is 2.34. The Morgan fingerprint density at radius 3 is 2.60 bits per heavy atom. The second-order valence-electron chi connectivity index (χ2n) is 9.33. The number of carbonyl (C=O) groups excluding carboxylic acids is 2. The smallest absolute Gasteiger partial charge is 0.338 e. The number of nitrogens with zero attached hydrogens (tertiary/aromatic N) is 2. The first-order valence-corrected chi connectivity index (χ1v) is 13.6. The first kappa shape index (κ1) is 27.4. The van der Waals surface area contributed by atoms with Crippen LogP contribution in [0.5, 0.6) is 0 Å². The second kappa shape index (κ2) is 11.1. The standard InChI is InChI=1S/C30H25ClN2O6S/c1-16(2)38-29(36)25-17(3)32-30-33(26(25)21-10-5-6-11-22(21)31)27(34)24(40-30)15-20-12-13-23(39-20)18-8-7-9-19(14-18)28(35)37-4/h5-16,26H,1-4H3. The normalized spacial score (nSPS) is 15.2. The average molecular weight is 577 g/mol. The van der Waals surface area contributed by atoms with Gasteiger partial charge in [0.25, 0.3) is 5.56 Å². The van der Waals surface area contributed by atoms with Crippen LogP contribution >= 0.6 is 22.9 Å². The van der Waals surface area contributed by atoms with Crippen LogP contribution in [0.15, 0.2) is 86.1 Å². The number of rotatable bonds is 6. The van der Waals surface area contributed by atoms with Gasteiger partial charge in [0, 0.05) is 16.7 Å². The summed E-state index contributed by atoms with van der Waals surface area (Å²) < 4.78 is 18.2. The second-order valence-corrected chi connectivity index (χ2v) is 10.7. The van der Waals surface area contributed by atoms with E-state index >= 15 is 0 Å². The fraction of sp³-hybridized carbons (Fsp3) is 0.200. The molecule has 0 bridgehead atoms. The highest BCUT2D eigenvalue weighted by Gasteiger charge is 2.34. The molecular weight excluding hydrogens is 552 g/mol. The fourth-order valence-corrected chi connectivity index (χ4v) is 5.75. The third-order valence-electron chi connectivity index (χ3n) is 6.25. The lowest BCUT2D eigenvalue weighted by Gasteiger charge is -2.26. The lowest BCUT2D eigenvalue weighted by Crippen LogP contribution is -2.40. The van der Waals surface area contributed by atoms with Crippen LogP contribution in [0.2, 0.25) is 5.02 Å². The van der Waals surface area contributed by atoms with Gasteiger partial charge in [0.1, 0.15) is 17.6 Å². The highest BCUT2D eigenvalue weighted by molar-refractivity contribution is 7.07. The molecule has 10 heteroatoms. The number of methoxy groups -OCH3 is 1. The molecule has 0 N–H and O–H groups in total. The zero-order valence-corrected chi connectivity index (χ0v) is 23.7. The molecule has 8 nitrogen and oxygen atoms in total. The molecule has 5 rings (SSSR count). The summed E-state index contributed by atoms with van der Waals surface area (Å²) in [5.41, 5.74) is 2.04. The van der Waals surface area contributed by atoms with Crippen molar-refractivity contribution in [3.8, 4) is 11.3 Å². The number of benzene rings is 2. The molecule has 0 amide bonds. The van der Waals surface area contributed by atoms with Crippen LogP contribution in [0, 0.1) is 0 Å². The molecule has 40 heavy (non-hydrogen) atoms. The topological polar surface area (TPSA) is 100 Å². The maximum Gasteiger partial charge on any atom is 0.338 e. The van der Waals surface area contributed by atoms with E-state index in [9.17, 15) is 14.4 Å². The Morgan fingerprint density at radius 2 is 1.88 bits per heavy atom. The molecule has 2 aromatic heterocycles. The Hall–Kier alpha value is -4.21. The number of ether oxygens (including phenoxy) is 2. The highest BCUT2D eigenvalue weighted by atomic mass is 35.5. The van der Waals surface area contributed by atoms with Crippen molar-refractivity contribution in [1.29, 1.82) is 0 Å². The number of thiazole rings is 1. The number of furan rings is 1. The van der Waals surface area contributed by atoms with Crippen molar-refractivity contribution in [1.82, 2.24) is 4.57 Å². The van der Waals surface area contributed by atoms with Crippen molar-refractivity contribution < 1.29 is 23.5 Å². The van der Waals surface area contributed by atoms with Crippen LogP contribution in [0.3, 0.4) is 0 Å². The SMILES string of the molecule is COC(=O)c1cccc(-c2ccc(C=c3sc4n(c3=O)C(c3ccccc3Cl)C(C(=O)OC(C)C)=C(C)N=4)o2)c1. The van der Waals surface area contributed by atoms with E-state index in [-0.39, 0.29) is 17.2 Å². The van der Waals surface area contributed by atoms with Crippen LogP contribution in [-0.4, -0.2) is 29.7 Å². The van der Waals surface area contributed by atoms with Crippen molar-refractivity contribution >= 4 is 41.0 Å².